The van der Waals surface area contributed by atoms with Crippen LogP contribution in [0, 0.1) is 0 Å². The molecule has 3 aromatic rings. The van der Waals surface area contributed by atoms with Gasteiger partial charge in [-0.2, -0.15) is 0 Å². The fourth-order valence-corrected chi connectivity index (χ4v) is 4.85. The van der Waals surface area contributed by atoms with Crippen molar-refractivity contribution in [3.63, 3.8) is 0 Å². The maximum absolute atomic E-state index is 12.8. The molecule has 1 aliphatic heterocycles. The fraction of sp³-hybridized carbons (Fsp3) is 0.292. The predicted octanol–water partition coefficient (Wildman–Crippen LogP) is 2.80. The van der Waals surface area contributed by atoms with Gasteiger partial charge in [-0.25, -0.2) is 8.42 Å². The molecule has 4 rings (SSSR count). The summed E-state index contributed by atoms with van der Waals surface area (Å²) in [6.07, 6.45) is 0.785. The summed E-state index contributed by atoms with van der Waals surface area (Å²) in [6, 6.07) is 16.2. The largest absolute Gasteiger partial charge is 0.507 e. The number of para-hydroxylation sites is 1. The highest BCUT2D eigenvalue weighted by Crippen LogP contribution is 2.28. The second-order valence-electron chi connectivity index (χ2n) is 7.91. The Morgan fingerprint density at radius 1 is 1.00 bits per heavy atom. The molecule has 0 radical (unpaired) electrons. The maximum Gasteiger partial charge on any atom is 0.261 e. The second-order valence-corrected chi connectivity index (χ2v) is 9.60. The Labute approximate surface area is 193 Å². The van der Waals surface area contributed by atoms with Crippen LogP contribution in [0.5, 0.6) is 5.75 Å². The SMILES string of the molecule is O=C(NCCCN1CCOCC1)c1cc2cc(S(=O)(=O)Nc3ccccc3)ccc2cc1O. The first-order valence-corrected chi connectivity index (χ1v) is 12.3. The van der Waals surface area contributed by atoms with Crippen LogP contribution < -0.4 is 10.0 Å². The second kappa shape index (κ2) is 10.2. The average Bonchev–Trinajstić information content (AvgIpc) is 2.82. The van der Waals surface area contributed by atoms with Crippen molar-refractivity contribution in [2.75, 3.05) is 44.1 Å². The van der Waals surface area contributed by atoms with E-state index in [1.807, 2.05) is 0 Å². The number of morpholine rings is 1. The van der Waals surface area contributed by atoms with E-state index in [0.717, 1.165) is 39.3 Å². The fourth-order valence-electron chi connectivity index (χ4n) is 3.76. The summed E-state index contributed by atoms with van der Waals surface area (Å²) < 4.78 is 33.4. The molecule has 3 N–H and O–H groups in total. The van der Waals surface area contributed by atoms with Gasteiger partial charge in [0.25, 0.3) is 15.9 Å². The molecule has 0 aromatic heterocycles. The van der Waals surface area contributed by atoms with Crippen LogP contribution in [-0.4, -0.2) is 63.7 Å². The van der Waals surface area contributed by atoms with Crippen LogP contribution in [0.25, 0.3) is 10.8 Å². The zero-order valence-corrected chi connectivity index (χ0v) is 19.0. The van der Waals surface area contributed by atoms with Crippen molar-refractivity contribution in [3.8, 4) is 5.75 Å². The number of hydrogen-bond acceptors (Lipinski definition) is 6. The quantitative estimate of drug-likeness (QED) is 0.438. The number of nitrogens with one attached hydrogen (secondary N) is 2. The van der Waals surface area contributed by atoms with Gasteiger partial charge in [-0.15, -0.1) is 0 Å². The molecule has 33 heavy (non-hydrogen) atoms. The van der Waals surface area contributed by atoms with Crippen LogP contribution in [0.3, 0.4) is 0 Å². The predicted molar refractivity (Wildman–Crippen MR) is 127 cm³/mol. The van der Waals surface area contributed by atoms with E-state index in [0.29, 0.717) is 23.0 Å². The van der Waals surface area contributed by atoms with E-state index in [1.54, 1.807) is 36.4 Å². The molecule has 8 nitrogen and oxygen atoms in total. The number of carbonyl (C=O) groups is 1. The van der Waals surface area contributed by atoms with Gasteiger partial charge >= 0.3 is 0 Å². The topological polar surface area (TPSA) is 108 Å². The summed E-state index contributed by atoms with van der Waals surface area (Å²) in [5, 5.41) is 14.4. The van der Waals surface area contributed by atoms with Gasteiger partial charge in [-0.1, -0.05) is 24.3 Å². The van der Waals surface area contributed by atoms with E-state index < -0.39 is 15.9 Å². The molecule has 1 amide bonds. The molecular weight excluding hydrogens is 442 g/mol. The number of fused-ring (bicyclic) bond motifs is 1. The molecule has 1 fully saturated rings. The van der Waals surface area contributed by atoms with Gasteiger partial charge in [0.15, 0.2) is 0 Å². The molecule has 1 aliphatic rings. The summed E-state index contributed by atoms with van der Waals surface area (Å²) in [4.78, 5) is 15.0. The Morgan fingerprint density at radius 3 is 2.52 bits per heavy atom. The lowest BCUT2D eigenvalue weighted by Gasteiger charge is -2.26. The first kappa shape index (κ1) is 23.0. The molecular formula is C24H27N3O5S. The summed E-state index contributed by atoms with van der Waals surface area (Å²) in [7, 11) is -3.80. The van der Waals surface area contributed by atoms with E-state index in [-0.39, 0.29) is 16.2 Å². The molecule has 0 saturated carbocycles. The van der Waals surface area contributed by atoms with Crippen molar-refractivity contribution < 1.29 is 23.1 Å². The highest BCUT2D eigenvalue weighted by Gasteiger charge is 2.17. The number of rotatable bonds is 8. The van der Waals surface area contributed by atoms with E-state index in [1.165, 1.54) is 24.3 Å². The normalized spacial score (nSPS) is 14.8. The van der Waals surface area contributed by atoms with Crippen molar-refractivity contribution in [1.29, 1.82) is 0 Å². The standard InChI is InChI=1S/C24H27N3O5S/c28-23-17-18-7-8-21(33(30,31)26-20-5-2-1-3-6-20)15-19(18)16-22(23)24(29)25-9-4-10-27-11-13-32-14-12-27/h1-3,5-8,15-17,26,28H,4,9-14H2,(H,25,29). The highest BCUT2D eigenvalue weighted by atomic mass is 32.2. The summed E-state index contributed by atoms with van der Waals surface area (Å²) in [5.74, 6) is -0.543. The Bertz CT molecular complexity index is 1230. The van der Waals surface area contributed by atoms with Crippen molar-refractivity contribution in [1.82, 2.24) is 10.2 Å². The summed E-state index contributed by atoms with van der Waals surface area (Å²) in [5.41, 5.74) is 0.569. The minimum absolute atomic E-state index is 0.0708. The van der Waals surface area contributed by atoms with Gasteiger partial charge in [0.2, 0.25) is 0 Å². The van der Waals surface area contributed by atoms with Crippen LogP contribution >= 0.6 is 0 Å². The van der Waals surface area contributed by atoms with Gasteiger partial charge in [0.05, 0.1) is 23.7 Å². The first-order chi connectivity index (χ1) is 15.9. The van der Waals surface area contributed by atoms with Crippen molar-refractivity contribution in [3.05, 3.63) is 66.2 Å². The maximum atomic E-state index is 12.8. The van der Waals surface area contributed by atoms with Crippen molar-refractivity contribution >= 4 is 32.4 Å². The molecule has 1 saturated heterocycles. The number of benzene rings is 3. The number of nitrogens with zero attached hydrogens (tertiary/aromatic N) is 1. The number of phenols is 1. The van der Waals surface area contributed by atoms with Crippen LogP contribution in [0.2, 0.25) is 0 Å². The molecule has 0 bridgehead atoms. The molecule has 0 spiro atoms. The number of anilines is 1. The Hall–Kier alpha value is -3.14. The van der Waals surface area contributed by atoms with Crippen LogP contribution in [0.4, 0.5) is 5.69 Å². The third-order valence-electron chi connectivity index (χ3n) is 5.55. The van der Waals surface area contributed by atoms with E-state index in [2.05, 4.69) is 14.9 Å². The van der Waals surface area contributed by atoms with E-state index in [4.69, 9.17) is 4.74 Å². The lowest BCUT2D eigenvalue weighted by atomic mass is 10.1. The Morgan fingerprint density at radius 2 is 1.76 bits per heavy atom. The molecule has 0 aliphatic carbocycles. The number of aromatic hydroxyl groups is 1. The van der Waals surface area contributed by atoms with E-state index >= 15 is 0 Å². The van der Waals surface area contributed by atoms with E-state index in [9.17, 15) is 18.3 Å². The molecule has 0 atom stereocenters. The molecule has 3 aromatic carbocycles. The van der Waals surface area contributed by atoms with Gasteiger partial charge in [-0.05, 0) is 60.1 Å². The van der Waals surface area contributed by atoms with Crippen LogP contribution in [-0.2, 0) is 14.8 Å². The Balaban J connectivity index is 1.46. The minimum atomic E-state index is -3.80. The lowest BCUT2D eigenvalue weighted by molar-refractivity contribution is 0.0374. The Kier molecular flexibility index (Phi) is 7.12. The number of phenolic OH excluding ortho intramolecular Hbond substituents is 1. The van der Waals surface area contributed by atoms with Crippen LogP contribution in [0.1, 0.15) is 16.8 Å². The average molecular weight is 470 g/mol. The number of sulfonamides is 1. The van der Waals surface area contributed by atoms with Crippen LogP contribution in [0.15, 0.2) is 65.6 Å². The number of carbonyl (C=O) groups excluding carboxylic acids is 1. The summed E-state index contributed by atoms with van der Waals surface area (Å²) in [6.45, 7) is 4.59. The lowest BCUT2D eigenvalue weighted by Crippen LogP contribution is -2.38. The smallest absolute Gasteiger partial charge is 0.261 e. The summed E-state index contributed by atoms with van der Waals surface area (Å²) >= 11 is 0. The number of amides is 1. The zero-order valence-electron chi connectivity index (χ0n) is 18.2. The zero-order chi connectivity index (χ0) is 23.3. The molecule has 9 heteroatoms. The number of ether oxygens (including phenoxy) is 1. The number of hydrogen-bond donors (Lipinski definition) is 3. The van der Waals surface area contributed by atoms with Gasteiger partial charge in [0.1, 0.15) is 5.75 Å². The highest BCUT2D eigenvalue weighted by molar-refractivity contribution is 7.92. The van der Waals surface area contributed by atoms with Gasteiger partial charge in [0, 0.05) is 25.3 Å². The third kappa shape index (κ3) is 5.81. The first-order valence-electron chi connectivity index (χ1n) is 10.9. The molecule has 1 heterocycles. The molecule has 174 valence electrons. The monoisotopic (exact) mass is 469 g/mol. The van der Waals surface area contributed by atoms with Crippen molar-refractivity contribution in [2.45, 2.75) is 11.3 Å². The van der Waals surface area contributed by atoms with Gasteiger partial charge < -0.3 is 15.2 Å². The van der Waals surface area contributed by atoms with Crippen molar-refractivity contribution in [2.24, 2.45) is 0 Å². The van der Waals surface area contributed by atoms with Gasteiger partial charge in [-0.3, -0.25) is 14.4 Å². The minimum Gasteiger partial charge on any atom is -0.507 e. The third-order valence-corrected chi connectivity index (χ3v) is 6.93. The molecule has 0 unspecified atom stereocenters.